The number of carbonyl (C=O) groups excluding carboxylic acids is 5. The van der Waals surface area contributed by atoms with Gasteiger partial charge in [0.1, 0.15) is 18.3 Å². The first-order valence-electron chi connectivity index (χ1n) is 13.2. The van der Waals surface area contributed by atoms with E-state index in [0.717, 1.165) is 10.8 Å². The molecule has 0 heterocycles. The number of carbonyl (C=O) groups is 5. The molecule has 3 aromatic carbocycles. The van der Waals surface area contributed by atoms with Crippen molar-refractivity contribution in [2.45, 2.75) is 18.9 Å². The predicted octanol–water partition coefficient (Wildman–Crippen LogP) is 1.01. The number of anilines is 1. The van der Waals surface area contributed by atoms with Crippen LogP contribution in [0.15, 0.2) is 71.7 Å². The van der Waals surface area contributed by atoms with Gasteiger partial charge >= 0.3 is 12.1 Å². The number of benzene rings is 3. The van der Waals surface area contributed by atoms with Crippen LogP contribution in [-0.2, 0) is 19.1 Å². The lowest BCUT2D eigenvalue weighted by molar-refractivity contribution is -0.128. The molecule has 0 saturated carbocycles. The van der Waals surface area contributed by atoms with E-state index in [2.05, 4.69) is 31.0 Å². The van der Waals surface area contributed by atoms with E-state index >= 15 is 0 Å². The Labute approximate surface area is 247 Å². The molecule has 3 rings (SSSR count). The molecule has 3 aromatic rings. The van der Waals surface area contributed by atoms with Crippen LogP contribution in [0, 0.1) is 0 Å². The van der Waals surface area contributed by atoms with Gasteiger partial charge in [0.2, 0.25) is 17.7 Å². The van der Waals surface area contributed by atoms with Crippen molar-refractivity contribution in [2.24, 2.45) is 16.5 Å². The minimum absolute atomic E-state index is 0.0991. The van der Waals surface area contributed by atoms with E-state index in [9.17, 15) is 24.0 Å². The molecule has 14 nitrogen and oxygen atoms in total. The number of rotatable bonds is 13. The number of amides is 4. The van der Waals surface area contributed by atoms with Gasteiger partial charge in [0.15, 0.2) is 5.96 Å². The van der Waals surface area contributed by atoms with E-state index < -0.39 is 48.9 Å². The summed E-state index contributed by atoms with van der Waals surface area (Å²) < 4.78 is 10.1. The first-order valence-corrected chi connectivity index (χ1v) is 13.2. The quantitative estimate of drug-likeness (QED) is 0.0549. The fourth-order valence-corrected chi connectivity index (χ4v) is 3.91. The Kier molecular flexibility index (Phi) is 11.8. The summed E-state index contributed by atoms with van der Waals surface area (Å²) in [5.41, 5.74) is 11.3. The molecule has 0 aliphatic heterocycles. The van der Waals surface area contributed by atoms with E-state index in [1.807, 2.05) is 24.3 Å². The normalized spacial score (nSPS) is 11.0. The van der Waals surface area contributed by atoms with Crippen LogP contribution in [-0.4, -0.2) is 68.5 Å². The summed E-state index contributed by atoms with van der Waals surface area (Å²) in [5.74, 6) is -2.31. The standard InChI is InChI=1S/C29H33N7O7/c1-42-23-15-20(14-19-10-5-6-11-21(19)23)35-26(39)22(12-7-13-32-28(30)31)36-25(38)17-33-24(37)16-34-29(41)43-27(40)18-8-3-2-4-9-18/h2-6,8-11,14-15,22H,7,12-13,16-17H2,1H3,(H,33,37)(H,34,41)(H,35,39)(H,36,38)(H4,30,31,32). The first kappa shape index (κ1) is 31.9. The molecule has 0 aromatic heterocycles. The van der Waals surface area contributed by atoms with Crippen LogP contribution >= 0.6 is 0 Å². The van der Waals surface area contributed by atoms with Crippen LogP contribution in [0.2, 0.25) is 0 Å². The lowest BCUT2D eigenvalue weighted by Gasteiger charge is -2.19. The van der Waals surface area contributed by atoms with Crippen molar-refractivity contribution in [3.05, 3.63) is 72.3 Å². The topological polar surface area (TPSA) is 216 Å². The number of hydrogen-bond acceptors (Lipinski definition) is 8. The zero-order valence-corrected chi connectivity index (χ0v) is 23.4. The third-order valence-corrected chi connectivity index (χ3v) is 5.94. The van der Waals surface area contributed by atoms with Crippen LogP contribution in [0.1, 0.15) is 23.2 Å². The number of hydrogen-bond donors (Lipinski definition) is 6. The summed E-state index contributed by atoms with van der Waals surface area (Å²) >= 11 is 0. The Hall–Kier alpha value is -5.66. The summed E-state index contributed by atoms with van der Waals surface area (Å²) in [6.07, 6.45) is -0.566. The molecule has 0 aliphatic rings. The number of methoxy groups -OCH3 is 1. The molecule has 0 saturated heterocycles. The minimum atomic E-state index is -1.13. The van der Waals surface area contributed by atoms with E-state index in [0.29, 0.717) is 17.9 Å². The summed E-state index contributed by atoms with van der Waals surface area (Å²) in [7, 11) is 1.52. The molecule has 14 heteroatoms. The van der Waals surface area contributed by atoms with Gasteiger partial charge in [0.05, 0.1) is 19.2 Å². The minimum Gasteiger partial charge on any atom is -0.496 e. The maximum Gasteiger partial charge on any atom is 0.415 e. The molecule has 1 unspecified atom stereocenters. The Bertz CT molecular complexity index is 1490. The van der Waals surface area contributed by atoms with E-state index in [4.69, 9.17) is 16.2 Å². The van der Waals surface area contributed by atoms with Crippen LogP contribution in [0.3, 0.4) is 0 Å². The summed E-state index contributed by atoms with van der Waals surface area (Å²) in [6, 6.07) is 17.8. The number of guanidine groups is 1. The highest BCUT2D eigenvalue weighted by Gasteiger charge is 2.22. The Morgan fingerprint density at radius 3 is 2.30 bits per heavy atom. The van der Waals surface area contributed by atoms with Crippen LogP contribution in [0.4, 0.5) is 10.5 Å². The lowest BCUT2D eigenvalue weighted by Crippen LogP contribution is -2.48. The van der Waals surface area contributed by atoms with Gasteiger partial charge in [-0.05, 0) is 36.4 Å². The molecule has 0 spiro atoms. The summed E-state index contributed by atoms with van der Waals surface area (Å²) in [4.78, 5) is 65.6. The molecule has 1 atom stereocenters. The number of nitrogens with one attached hydrogen (secondary N) is 4. The molecule has 0 aliphatic carbocycles. The molecule has 0 fully saturated rings. The second-order valence-electron chi connectivity index (χ2n) is 9.13. The predicted molar refractivity (Wildman–Crippen MR) is 159 cm³/mol. The first-order chi connectivity index (χ1) is 20.7. The number of nitrogens with two attached hydrogens (primary N) is 2. The SMILES string of the molecule is COc1cc(NC(=O)C(CCCN=C(N)N)NC(=O)CNC(=O)CNC(=O)OC(=O)c2ccccc2)cc2ccccc12. The van der Waals surface area contributed by atoms with Gasteiger partial charge in [-0.15, -0.1) is 0 Å². The monoisotopic (exact) mass is 591 g/mol. The number of nitrogens with zero attached hydrogens (tertiary/aromatic N) is 1. The third kappa shape index (κ3) is 10.4. The molecule has 8 N–H and O–H groups in total. The van der Waals surface area contributed by atoms with Crippen molar-refractivity contribution in [2.75, 3.05) is 32.1 Å². The maximum atomic E-state index is 13.2. The fourth-order valence-electron chi connectivity index (χ4n) is 3.91. The van der Waals surface area contributed by atoms with Gasteiger partial charge in [0, 0.05) is 23.7 Å². The maximum absolute atomic E-state index is 13.2. The van der Waals surface area contributed by atoms with Crippen molar-refractivity contribution in [1.82, 2.24) is 16.0 Å². The molecule has 0 bridgehead atoms. The molecule has 226 valence electrons. The zero-order chi connectivity index (χ0) is 31.2. The number of esters is 1. The van der Waals surface area contributed by atoms with Gasteiger partial charge in [-0.25, -0.2) is 9.59 Å². The summed E-state index contributed by atoms with van der Waals surface area (Å²) in [5, 5.41) is 11.5. The van der Waals surface area contributed by atoms with Crippen LogP contribution in [0.5, 0.6) is 5.75 Å². The van der Waals surface area contributed by atoms with Gasteiger partial charge in [-0.1, -0.05) is 42.5 Å². The van der Waals surface area contributed by atoms with Crippen molar-refractivity contribution in [3.63, 3.8) is 0 Å². The van der Waals surface area contributed by atoms with E-state index in [-0.39, 0.29) is 24.5 Å². The van der Waals surface area contributed by atoms with Crippen molar-refractivity contribution in [3.8, 4) is 5.75 Å². The average molecular weight is 592 g/mol. The lowest BCUT2D eigenvalue weighted by atomic mass is 10.1. The van der Waals surface area contributed by atoms with Gasteiger partial charge in [-0.3, -0.25) is 19.4 Å². The van der Waals surface area contributed by atoms with Crippen LogP contribution < -0.4 is 37.5 Å². The largest absolute Gasteiger partial charge is 0.496 e. The van der Waals surface area contributed by atoms with Crippen molar-refractivity contribution >= 4 is 52.2 Å². The van der Waals surface area contributed by atoms with Crippen molar-refractivity contribution < 1.29 is 33.4 Å². The fraction of sp³-hybridized carbons (Fsp3) is 0.241. The highest BCUT2D eigenvalue weighted by Crippen LogP contribution is 2.29. The molecular weight excluding hydrogens is 558 g/mol. The number of alkyl carbamates (subject to hydrolysis) is 1. The van der Waals surface area contributed by atoms with Gasteiger partial charge in [0.25, 0.3) is 0 Å². The Morgan fingerprint density at radius 1 is 0.884 bits per heavy atom. The highest BCUT2D eigenvalue weighted by molar-refractivity contribution is 6.01. The second-order valence-corrected chi connectivity index (χ2v) is 9.13. The second kappa shape index (κ2) is 16.0. The Morgan fingerprint density at radius 2 is 1.58 bits per heavy atom. The smallest absolute Gasteiger partial charge is 0.415 e. The number of aliphatic imine (C=N–C) groups is 1. The van der Waals surface area contributed by atoms with Crippen molar-refractivity contribution in [1.29, 1.82) is 0 Å². The van der Waals surface area contributed by atoms with Crippen LogP contribution in [0.25, 0.3) is 10.8 Å². The molecule has 0 radical (unpaired) electrons. The molecule has 4 amide bonds. The summed E-state index contributed by atoms with van der Waals surface area (Å²) in [6.45, 7) is -0.808. The number of ether oxygens (including phenoxy) is 2. The molecular formula is C29H33N7O7. The Balaban J connectivity index is 1.54. The molecule has 43 heavy (non-hydrogen) atoms. The number of fused-ring (bicyclic) bond motifs is 1. The average Bonchev–Trinajstić information content (AvgIpc) is 3.00. The van der Waals surface area contributed by atoms with Gasteiger partial charge in [-0.2, -0.15) is 0 Å². The zero-order valence-electron chi connectivity index (χ0n) is 23.4. The van der Waals surface area contributed by atoms with E-state index in [1.54, 1.807) is 30.3 Å². The third-order valence-electron chi connectivity index (χ3n) is 5.94. The highest BCUT2D eigenvalue weighted by atomic mass is 16.6. The van der Waals surface area contributed by atoms with E-state index in [1.165, 1.54) is 19.2 Å². The van der Waals surface area contributed by atoms with Gasteiger partial charge < -0.3 is 42.2 Å².